The van der Waals surface area contributed by atoms with Crippen LogP contribution >= 0.6 is 34.8 Å². The lowest BCUT2D eigenvalue weighted by Crippen LogP contribution is -2.32. The molecule has 0 saturated carbocycles. The summed E-state index contributed by atoms with van der Waals surface area (Å²) in [5.41, 5.74) is 2.51. The zero-order valence-electron chi connectivity index (χ0n) is 17.3. The van der Waals surface area contributed by atoms with E-state index in [0.717, 1.165) is 0 Å². The van der Waals surface area contributed by atoms with E-state index in [4.69, 9.17) is 34.8 Å². The van der Waals surface area contributed by atoms with Crippen LogP contribution in [0, 0.1) is 0 Å². The van der Waals surface area contributed by atoms with Crippen LogP contribution in [-0.2, 0) is 11.2 Å². The minimum Gasteiger partial charge on any atom is -0.480 e. The van der Waals surface area contributed by atoms with Crippen molar-refractivity contribution < 1.29 is 14.7 Å². The molecule has 3 N–H and O–H groups in total. The SMILES string of the molecule is O=C(Nc1ccc(CC(Nc2nc3ccccc3nc2Cl)C(=O)O)cc1)c1c(Cl)cncc1Cl. The zero-order chi connectivity index (χ0) is 24.2. The molecule has 172 valence electrons. The summed E-state index contributed by atoms with van der Waals surface area (Å²) in [6, 6.07) is 12.8. The van der Waals surface area contributed by atoms with Crippen LogP contribution < -0.4 is 10.6 Å². The molecular weight excluding hydrogens is 501 g/mol. The number of hydrogen-bond donors (Lipinski definition) is 3. The third-order valence-corrected chi connectivity index (χ3v) is 5.71. The lowest BCUT2D eigenvalue weighted by Gasteiger charge is -2.16. The van der Waals surface area contributed by atoms with E-state index >= 15 is 0 Å². The summed E-state index contributed by atoms with van der Waals surface area (Å²) in [6.45, 7) is 0. The average molecular weight is 517 g/mol. The number of amides is 1. The van der Waals surface area contributed by atoms with E-state index in [1.807, 2.05) is 6.07 Å². The lowest BCUT2D eigenvalue weighted by atomic mass is 10.1. The van der Waals surface area contributed by atoms with Crippen LogP contribution in [0.15, 0.2) is 60.9 Å². The van der Waals surface area contributed by atoms with Gasteiger partial charge in [-0.25, -0.2) is 14.8 Å². The predicted octanol–water partition coefficient (Wildman–Crippen LogP) is 5.35. The summed E-state index contributed by atoms with van der Waals surface area (Å²) in [5, 5.41) is 15.6. The highest BCUT2D eigenvalue weighted by Gasteiger charge is 2.21. The number of halogens is 3. The van der Waals surface area contributed by atoms with Gasteiger partial charge in [-0.05, 0) is 29.8 Å². The molecule has 2 heterocycles. The van der Waals surface area contributed by atoms with Crippen LogP contribution in [0.3, 0.4) is 0 Å². The van der Waals surface area contributed by atoms with E-state index in [9.17, 15) is 14.7 Å². The number of hydrogen-bond acceptors (Lipinski definition) is 6. The minimum atomic E-state index is -1.08. The Morgan fingerprint density at radius 1 is 0.912 bits per heavy atom. The summed E-state index contributed by atoms with van der Waals surface area (Å²) in [4.78, 5) is 36.9. The summed E-state index contributed by atoms with van der Waals surface area (Å²) >= 11 is 18.3. The first-order valence-corrected chi connectivity index (χ1v) is 11.1. The second kappa shape index (κ2) is 10.2. The molecule has 0 fully saturated rings. The molecule has 2 aromatic carbocycles. The van der Waals surface area contributed by atoms with E-state index in [1.54, 1.807) is 42.5 Å². The number of carboxylic acids is 1. The van der Waals surface area contributed by atoms with Gasteiger partial charge in [-0.1, -0.05) is 59.1 Å². The van der Waals surface area contributed by atoms with Crippen LogP contribution in [0.4, 0.5) is 11.5 Å². The molecule has 34 heavy (non-hydrogen) atoms. The third-order valence-electron chi connectivity index (χ3n) is 4.87. The van der Waals surface area contributed by atoms with Crippen molar-refractivity contribution in [1.82, 2.24) is 15.0 Å². The Balaban J connectivity index is 1.47. The van der Waals surface area contributed by atoms with Gasteiger partial charge < -0.3 is 15.7 Å². The molecule has 0 saturated heterocycles. The number of carboxylic acid groups (broad SMARTS) is 1. The van der Waals surface area contributed by atoms with Gasteiger partial charge in [0.25, 0.3) is 5.91 Å². The molecule has 1 unspecified atom stereocenters. The monoisotopic (exact) mass is 515 g/mol. The van der Waals surface area contributed by atoms with Crippen LogP contribution in [0.25, 0.3) is 11.0 Å². The highest BCUT2D eigenvalue weighted by molar-refractivity contribution is 6.40. The first kappa shape index (κ1) is 23.7. The largest absolute Gasteiger partial charge is 0.480 e. The number of nitrogens with one attached hydrogen (secondary N) is 2. The van der Waals surface area contributed by atoms with E-state index in [-0.39, 0.29) is 33.0 Å². The molecule has 0 spiro atoms. The van der Waals surface area contributed by atoms with E-state index in [2.05, 4.69) is 25.6 Å². The van der Waals surface area contributed by atoms with Gasteiger partial charge in [-0.2, -0.15) is 0 Å². The molecule has 4 aromatic rings. The van der Waals surface area contributed by atoms with Gasteiger partial charge in [0.05, 0.1) is 26.6 Å². The highest BCUT2D eigenvalue weighted by atomic mass is 35.5. The number of nitrogens with zero attached hydrogens (tertiary/aromatic N) is 3. The first-order valence-electron chi connectivity index (χ1n) is 9.92. The summed E-state index contributed by atoms with van der Waals surface area (Å²) in [6.07, 6.45) is 2.80. The number of carbonyl (C=O) groups is 2. The van der Waals surface area contributed by atoms with Gasteiger partial charge in [0, 0.05) is 24.5 Å². The number of para-hydroxylation sites is 2. The van der Waals surface area contributed by atoms with Gasteiger partial charge in [0.15, 0.2) is 11.0 Å². The van der Waals surface area contributed by atoms with E-state index in [0.29, 0.717) is 22.3 Å². The van der Waals surface area contributed by atoms with Crippen molar-refractivity contribution in [1.29, 1.82) is 0 Å². The first-order chi connectivity index (χ1) is 16.3. The molecule has 0 aliphatic carbocycles. The van der Waals surface area contributed by atoms with Crippen LogP contribution in [0.1, 0.15) is 15.9 Å². The highest BCUT2D eigenvalue weighted by Crippen LogP contribution is 2.25. The van der Waals surface area contributed by atoms with Crippen LogP contribution in [0.2, 0.25) is 15.2 Å². The smallest absolute Gasteiger partial charge is 0.326 e. The number of aromatic nitrogens is 3. The molecule has 11 heteroatoms. The number of fused-ring (bicyclic) bond motifs is 1. The molecule has 8 nitrogen and oxygen atoms in total. The maximum atomic E-state index is 12.5. The fourth-order valence-electron chi connectivity index (χ4n) is 3.22. The van der Waals surface area contributed by atoms with Gasteiger partial charge >= 0.3 is 5.97 Å². The van der Waals surface area contributed by atoms with Crippen LogP contribution in [0.5, 0.6) is 0 Å². The van der Waals surface area contributed by atoms with Crippen molar-refractivity contribution in [3.05, 3.63) is 87.2 Å². The maximum Gasteiger partial charge on any atom is 0.326 e. The number of pyridine rings is 1. The quantitative estimate of drug-likeness (QED) is 0.303. The Bertz CT molecular complexity index is 1360. The Hall–Kier alpha value is -3.46. The summed E-state index contributed by atoms with van der Waals surface area (Å²) in [5.74, 6) is -1.38. The molecule has 1 atom stereocenters. The molecule has 2 aromatic heterocycles. The molecule has 0 bridgehead atoms. The second-order valence-corrected chi connectivity index (χ2v) is 8.39. The Labute approximate surface area is 208 Å². The fraction of sp³-hybridized carbons (Fsp3) is 0.0870. The number of benzene rings is 2. The van der Waals surface area contributed by atoms with Gasteiger partial charge in [-0.3, -0.25) is 9.78 Å². The zero-order valence-corrected chi connectivity index (χ0v) is 19.6. The fourth-order valence-corrected chi connectivity index (χ4v) is 3.94. The van der Waals surface area contributed by atoms with Crippen molar-refractivity contribution in [2.75, 3.05) is 10.6 Å². The van der Waals surface area contributed by atoms with E-state index < -0.39 is 17.9 Å². The van der Waals surface area contributed by atoms with Gasteiger partial charge in [-0.15, -0.1) is 0 Å². The Kier molecular flexibility index (Phi) is 7.12. The van der Waals surface area contributed by atoms with Crippen molar-refractivity contribution in [3.63, 3.8) is 0 Å². The Morgan fingerprint density at radius 3 is 2.15 bits per heavy atom. The standard InChI is InChI=1S/C23H16Cl3N5O3/c24-14-10-27-11-15(25)19(14)22(32)28-13-7-5-12(6-8-13)9-18(23(33)34)31-21-20(26)29-16-3-1-2-4-17(16)30-21/h1-8,10-11,18H,9H2,(H,28,32)(H,30,31)(H,33,34). The third kappa shape index (κ3) is 5.36. The van der Waals surface area contributed by atoms with Crippen LogP contribution in [-0.4, -0.2) is 38.0 Å². The topological polar surface area (TPSA) is 117 Å². The number of carbonyl (C=O) groups excluding carboxylic acids is 1. The predicted molar refractivity (Wildman–Crippen MR) is 132 cm³/mol. The summed E-state index contributed by atoms with van der Waals surface area (Å²) in [7, 11) is 0. The molecule has 0 aliphatic heterocycles. The van der Waals surface area contributed by atoms with Crippen molar-refractivity contribution >= 4 is 69.2 Å². The molecule has 1 amide bonds. The number of anilines is 2. The maximum absolute atomic E-state index is 12.5. The molecule has 4 rings (SSSR count). The van der Waals surface area contributed by atoms with Crippen molar-refractivity contribution in [3.8, 4) is 0 Å². The molecule has 0 aliphatic rings. The van der Waals surface area contributed by atoms with Gasteiger partial charge in [0.1, 0.15) is 6.04 Å². The number of rotatable bonds is 7. The molecule has 0 radical (unpaired) electrons. The minimum absolute atomic E-state index is 0.0800. The van der Waals surface area contributed by atoms with Gasteiger partial charge in [0.2, 0.25) is 0 Å². The van der Waals surface area contributed by atoms with E-state index in [1.165, 1.54) is 12.4 Å². The summed E-state index contributed by atoms with van der Waals surface area (Å²) < 4.78 is 0. The second-order valence-electron chi connectivity index (χ2n) is 7.22. The normalized spacial score (nSPS) is 11.7. The molecular formula is C23H16Cl3N5O3. The average Bonchev–Trinajstić information content (AvgIpc) is 2.80. The van der Waals surface area contributed by atoms with Crippen molar-refractivity contribution in [2.24, 2.45) is 0 Å². The van der Waals surface area contributed by atoms with Crippen molar-refractivity contribution in [2.45, 2.75) is 12.5 Å². The Morgan fingerprint density at radius 2 is 1.53 bits per heavy atom. The number of aliphatic carboxylic acids is 1. The lowest BCUT2D eigenvalue weighted by molar-refractivity contribution is -0.137.